The maximum Gasteiger partial charge on any atom is 0.337 e. The molecular formula is C23H14Cl3NO3S. The number of nitrogens with zero attached hydrogens (tertiary/aromatic N) is 1. The van der Waals surface area contributed by atoms with Gasteiger partial charge in [0.1, 0.15) is 10.8 Å². The number of aromatic nitrogens is 1. The maximum atomic E-state index is 12.1. The lowest BCUT2D eigenvalue weighted by Crippen LogP contribution is -2.02. The van der Waals surface area contributed by atoms with Gasteiger partial charge >= 0.3 is 5.97 Å². The fourth-order valence-electron chi connectivity index (χ4n) is 3.15. The largest absolute Gasteiger partial charge is 0.497 e. The second kappa shape index (κ2) is 8.89. The number of methoxy groups -OCH3 is 1. The van der Waals surface area contributed by atoms with Crippen LogP contribution in [0.1, 0.15) is 10.4 Å². The first-order chi connectivity index (χ1) is 14.9. The summed E-state index contributed by atoms with van der Waals surface area (Å²) in [5.74, 6) is -0.431. The number of carboxylic acid groups (broad SMARTS) is 1. The molecule has 0 spiro atoms. The Morgan fingerprint density at radius 3 is 2.26 bits per heavy atom. The van der Waals surface area contributed by atoms with E-state index in [2.05, 4.69) is 4.98 Å². The van der Waals surface area contributed by atoms with E-state index < -0.39 is 5.97 Å². The molecule has 4 rings (SSSR count). The minimum atomic E-state index is -1.11. The second-order valence-electron chi connectivity index (χ2n) is 6.55. The van der Waals surface area contributed by atoms with Gasteiger partial charge in [-0.3, -0.25) is 0 Å². The van der Waals surface area contributed by atoms with Crippen molar-refractivity contribution in [2.75, 3.05) is 7.11 Å². The van der Waals surface area contributed by atoms with Crippen molar-refractivity contribution in [3.05, 3.63) is 80.6 Å². The van der Waals surface area contributed by atoms with E-state index in [9.17, 15) is 9.90 Å². The summed E-state index contributed by atoms with van der Waals surface area (Å²) in [5.41, 5.74) is 3.32. The van der Waals surface area contributed by atoms with Gasteiger partial charge in [0.25, 0.3) is 0 Å². The van der Waals surface area contributed by atoms with Crippen LogP contribution < -0.4 is 4.74 Å². The van der Waals surface area contributed by atoms with Gasteiger partial charge in [0.15, 0.2) is 0 Å². The number of rotatable bonds is 5. The molecule has 0 saturated heterocycles. The summed E-state index contributed by atoms with van der Waals surface area (Å²) in [7, 11) is 1.57. The molecule has 156 valence electrons. The lowest BCUT2D eigenvalue weighted by atomic mass is 9.97. The monoisotopic (exact) mass is 489 g/mol. The average Bonchev–Trinajstić information content (AvgIpc) is 3.25. The van der Waals surface area contributed by atoms with E-state index in [1.54, 1.807) is 55.6 Å². The summed E-state index contributed by atoms with van der Waals surface area (Å²) < 4.78 is 5.17. The molecule has 0 fully saturated rings. The third-order valence-corrected chi connectivity index (χ3v) is 6.71. The first kappa shape index (κ1) is 21.7. The molecule has 0 radical (unpaired) electrons. The van der Waals surface area contributed by atoms with Gasteiger partial charge < -0.3 is 9.84 Å². The van der Waals surface area contributed by atoms with E-state index in [1.165, 1.54) is 11.3 Å². The van der Waals surface area contributed by atoms with E-state index in [4.69, 9.17) is 39.5 Å². The summed E-state index contributed by atoms with van der Waals surface area (Å²) in [5, 5.41) is 13.4. The smallest absolute Gasteiger partial charge is 0.337 e. The van der Waals surface area contributed by atoms with Crippen molar-refractivity contribution >= 4 is 52.1 Å². The highest BCUT2D eigenvalue weighted by Gasteiger charge is 2.21. The predicted molar refractivity (Wildman–Crippen MR) is 127 cm³/mol. The van der Waals surface area contributed by atoms with E-state index in [1.807, 2.05) is 11.4 Å². The normalized spacial score (nSPS) is 10.8. The molecule has 0 saturated carbocycles. The molecule has 0 aliphatic rings. The molecule has 0 aliphatic carbocycles. The Kier molecular flexibility index (Phi) is 6.21. The van der Waals surface area contributed by atoms with E-state index in [0.29, 0.717) is 37.6 Å². The molecule has 3 aromatic carbocycles. The lowest BCUT2D eigenvalue weighted by molar-refractivity contribution is 0.0698. The van der Waals surface area contributed by atoms with Gasteiger partial charge in [-0.15, -0.1) is 11.3 Å². The first-order valence-electron chi connectivity index (χ1n) is 9.00. The highest BCUT2D eigenvalue weighted by atomic mass is 35.5. The molecule has 1 heterocycles. The number of thiazole rings is 1. The third kappa shape index (κ3) is 4.27. The van der Waals surface area contributed by atoms with E-state index >= 15 is 0 Å². The Hall–Kier alpha value is -2.57. The van der Waals surface area contributed by atoms with Gasteiger partial charge in [0.2, 0.25) is 0 Å². The Labute approximate surface area is 197 Å². The molecule has 8 heteroatoms. The number of benzene rings is 3. The van der Waals surface area contributed by atoms with Gasteiger partial charge in [-0.2, -0.15) is 0 Å². The highest BCUT2D eigenvalue weighted by Crippen LogP contribution is 2.40. The van der Waals surface area contributed by atoms with Crippen LogP contribution in [0, 0.1) is 0 Å². The van der Waals surface area contributed by atoms with Crippen LogP contribution >= 0.6 is 46.1 Å². The molecule has 0 amide bonds. The third-order valence-electron chi connectivity index (χ3n) is 4.71. The van der Waals surface area contributed by atoms with Crippen molar-refractivity contribution in [3.8, 4) is 38.7 Å². The van der Waals surface area contributed by atoms with Gasteiger partial charge in [-0.05, 0) is 41.5 Å². The van der Waals surface area contributed by atoms with Crippen LogP contribution in [0.2, 0.25) is 15.1 Å². The number of hydrogen-bond donors (Lipinski definition) is 1. The standard InChI is InChI=1S/C23H14Cl3NO3S/c1-30-14-5-2-12(3-6-14)15-7-8-16(21(26)20(15)23(28)29)22-27-19(11-31-22)13-4-9-17(24)18(25)10-13/h2-11H,1H3,(H,28,29). The highest BCUT2D eigenvalue weighted by molar-refractivity contribution is 7.13. The van der Waals surface area contributed by atoms with Crippen LogP contribution in [0.3, 0.4) is 0 Å². The van der Waals surface area contributed by atoms with Crippen LogP contribution in [0.5, 0.6) is 5.75 Å². The average molecular weight is 491 g/mol. The zero-order valence-corrected chi connectivity index (χ0v) is 19.1. The molecule has 0 unspecified atom stereocenters. The van der Waals surface area contributed by atoms with Crippen LogP contribution in [0.4, 0.5) is 0 Å². The quantitative estimate of drug-likeness (QED) is 0.310. The molecule has 1 N–H and O–H groups in total. The topological polar surface area (TPSA) is 59.4 Å². The van der Waals surface area contributed by atoms with Crippen LogP contribution in [-0.2, 0) is 0 Å². The van der Waals surface area contributed by atoms with Gasteiger partial charge in [-0.1, -0.05) is 59.1 Å². The molecule has 0 bridgehead atoms. The van der Waals surface area contributed by atoms with Gasteiger partial charge in [0.05, 0.1) is 33.4 Å². The van der Waals surface area contributed by atoms with Crippen molar-refractivity contribution in [1.29, 1.82) is 0 Å². The molecule has 31 heavy (non-hydrogen) atoms. The SMILES string of the molecule is COc1ccc(-c2ccc(-c3nc(-c4ccc(Cl)c(Cl)c4)cs3)c(Cl)c2C(=O)O)cc1. The summed E-state index contributed by atoms with van der Waals surface area (Å²) in [6, 6.07) is 15.9. The fourth-order valence-corrected chi connectivity index (χ4v) is 4.70. The fraction of sp³-hybridized carbons (Fsp3) is 0.0435. The summed E-state index contributed by atoms with van der Waals surface area (Å²) in [6.45, 7) is 0. The van der Waals surface area contributed by atoms with Crippen LogP contribution in [-0.4, -0.2) is 23.2 Å². The Bertz CT molecular complexity index is 1290. The maximum absolute atomic E-state index is 12.1. The summed E-state index contributed by atoms with van der Waals surface area (Å²) >= 11 is 20.0. The number of carbonyl (C=O) groups is 1. The van der Waals surface area contributed by atoms with Crippen LogP contribution in [0.25, 0.3) is 33.0 Å². The van der Waals surface area contributed by atoms with E-state index in [-0.39, 0.29) is 10.6 Å². The van der Waals surface area contributed by atoms with Crippen molar-refractivity contribution in [3.63, 3.8) is 0 Å². The van der Waals surface area contributed by atoms with Crippen molar-refractivity contribution < 1.29 is 14.6 Å². The molecule has 0 atom stereocenters. The molecular weight excluding hydrogens is 477 g/mol. The summed E-state index contributed by atoms with van der Waals surface area (Å²) in [4.78, 5) is 16.7. The van der Waals surface area contributed by atoms with Gasteiger partial charge in [0, 0.05) is 16.5 Å². The molecule has 4 nitrogen and oxygen atoms in total. The summed E-state index contributed by atoms with van der Waals surface area (Å²) in [6.07, 6.45) is 0. The molecule has 1 aromatic heterocycles. The van der Waals surface area contributed by atoms with E-state index in [0.717, 1.165) is 11.1 Å². The zero-order chi connectivity index (χ0) is 22.1. The molecule has 0 aliphatic heterocycles. The first-order valence-corrected chi connectivity index (χ1v) is 11.0. The number of ether oxygens (including phenoxy) is 1. The Balaban J connectivity index is 1.78. The number of halogens is 3. The Morgan fingerprint density at radius 1 is 0.935 bits per heavy atom. The van der Waals surface area contributed by atoms with Gasteiger partial charge in [-0.25, -0.2) is 9.78 Å². The van der Waals surface area contributed by atoms with Crippen molar-refractivity contribution in [2.45, 2.75) is 0 Å². The number of aromatic carboxylic acids is 1. The zero-order valence-electron chi connectivity index (χ0n) is 16.0. The minimum Gasteiger partial charge on any atom is -0.497 e. The predicted octanol–water partition coefficient (Wildman–Crippen LogP) is 7.81. The Morgan fingerprint density at radius 2 is 1.61 bits per heavy atom. The second-order valence-corrected chi connectivity index (χ2v) is 8.60. The minimum absolute atomic E-state index is 0.0237. The lowest BCUT2D eigenvalue weighted by Gasteiger charge is -2.12. The van der Waals surface area contributed by atoms with Crippen molar-refractivity contribution in [2.24, 2.45) is 0 Å². The van der Waals surface area contributed by atoms with Crippen molar-refractivity contribution in [1.82, 2.24) is 4.98 Å². The van der Waals surface area contributed by atoms with Crippen LogP contribution in [0.15, 0.2) is 60.0 Å². The number of hydrogen-bond acceptors (Lipinski definition) is 4. The number of carboxylic acids is 1. The molecule has 4 aromatic rings.